The Bertz CT molecular complexity index is 909. The number of carbonyl (C=O) groups is 1. The minimum absolute atomic E-state index is 0.0519. The Hall–Kier alpha value is -1.68. The molecule has 0 unspecified atom stereocenters. The molecule has 33 heavy (non-hydrogen) atoms. The normalized spacial score (nSPS) is 17.1. The SMILES string of the molecule is Cc1cc(N(C)C(=O)OC(C)(C)C)cc(C)c1CCS(=O)(=O)N1CCC(N)(CCCN)CC1. The van der Waals surface area contributed by atoms with E-state index in [4.69, 9.17) is 16.2 Å². The van der Waals surface area contributed by atoms with Crippen LogP contribution in [0.1, 0.15) is 63.1 Å². The summed E-state index contributed by atoms with van der Waals surface area (Å²) in [6.45, 7) is 10.9. The lowest BCUT2D eigenvalue weighted by Gasteiger charge is -2.38. The van der Waals surface area contributed by atoms with Crippen LogP contribution in [0.5, 0.6) is 0 Å². The van der Waals surface area contributed by atoms with Crippen molar-refractivity contribution in [3.63, 3.8) is 0 Å². The number of hydrogen-bond acceptors (Lipinski definition) is 6. The monoisotopic (exact) mass is 482 g/mol. The Balaban J connectivity index is 2.04. The highest BCUT2D eigenvalue weighted by Crippen LogP contribution is 2.28. The standard InChI is InChI=1S/C24H42N4O4S/c1-18-16-20(27(6)22(29)32-23(3,4)5)17-19(2)21(18)8-15-33(30,31)28-13-10-24(26,11-14-28)9-7-12-25/h16-17H,7-15,25-26H2,1-6H3. The van der Waals surface area contributed by atoms with Crippen molar-refractivity contribution in [1.29, 1.82) is 0 Å². The van der Waals surface area contributed by atoms with Crippen molar-refractivity contribution in [2.24, 2.45) is 11.5 Å². The Morgan fingerprint density at radius 2 is 1.73 bits per heavy atom. The first kappa shape index (κ1) is 27.6. The van der Waals surface area contributed by atoms with E-state index in [1.54, 1.807) is 11.4 Å². The molecule has 1 aliphatic heterocycles. The van der Waals surface area contributed by atoms with E-state index in [2.05, 4.69) is 0 Å². The van der Waals surface area contributed by atoms with E-state index >= 15 is 0 Å². The van der Waals surface area contributed by atoms with Gasteiger partial charge in [-0.05, 0) is 102 Å². The first-order valence-corrected chi connectivity index (χ1v) is 13.3. The van der Waals surface area contributed by atoms with E-state index in [1.807, 2.05) is 46.8 Å². The van der Waals surface area contributed by atoms with E-state index in [9.17, 15) is 13.2 Å². The molecule has 1 amide bonds. The molecule has 0 spiro atoms. The second kappa shape index (κ2) is 10.7. The molecule has 1 aromatic rings. The van der Waals surface area contributed by atoms with E-state index in [0.29, 0.717) is 38.9 Å². The van der Waals surface area contributed by atoms with Gasteiger partial charge in [-0.3, -0.25) is 4.90 Å². The van der Waals surface area contributed by atoms with Crippen LogP contribution < -0.4 is 16.4 Å². The summed E-state index contributed by atoms with van der Waals surface area (Å²) in [6.07, 6.45) is 3.02. The number of nitrogens with zero attached hydrogens (tertiary/aromatic N) is 2. The second-order valence-electron chi connectivity index (χ2n) is 10.3. The fraction of sp³-hybridized carbons (Fsp3) is 0.708. The maximum Gasteiger partial charge on any atom is 0.414 e. The molecule has 2 rings (SSSR count). The van der Waals surface area contributed by atoms with Gasteiger partial charge in [0.2, 0.25) is 10.0 Å². The summed E-state index contributed by atoms with van der Waals surface area (Å²) in [6, 6.07) is 3.81. The van der Waals surface area contributed by atoms with Gasteiger partial charge in [-0.2, -0.15) is 0 Å². The third-order valence-corrected chi connectivity index (χ3v) is 8.21. The highest BCUT2D eigenvalue weighted by Gasteiger charge is 2.34. The molecule has 8 nitrogen and oxygen atoms in total. The minimum Gasteiger partial charge on any atom is -0.443 e. The highest BCUT2D eigenvalue weighted by atomic mass is 32.2. The molecule has 0 atom stereocenters. The molecule has 0 aromatic heterocycles. The number of piperidine rings is 1. The summed E-state index contributed by atoms with van der Waals surface area (Å²) in [5.74, 6) is 0.0519. The van der Waals surface area contributed by atoms with Crippen LogP contribution in [-0.4, -0.2) is 62.4 Å². The summed E-state index contributed by atoms with van der Waals surface area (Å²) in [4.78, 5) is 13.9. The van der Waals surface area contributed by atoms with Crippen LogP contribution in [0.2, 0.25) is 0 Å². The van der Waals surface area contributed by atoms with Gasteiger partial charge in [0.1, 0.15) is 5.60 Å². The van der Waals surface area contributed by atoms with E-state index in [-0.39, 0.29) is 11.3 Å². The smallest absolute Gasteiger partial charge is 0.414 e. The molecule has 1 aromatic carbocycles. The van der Waals surface area contributed by atoms with Gasteiger partial charge in [-0.25, -0.2) is 17.5 Å². The third-order valence-electron chi connectivity index (χ3n) is 6.34. The fourth-order valence-electron chi connectivity index (χ4n) is 4.27. The van der Waals surface area contributed by atoms with Crippen molar-refractivity contribution in [3.05, 3.63) is 28.8 Å². The number of ether oxygens (including phenoxy) is 1. The summed E-state index contributed by atoms with van der Waals surface area (Å²) in [5, 5.41) is 0. The topological polar surface area (TPSA) is 119 Å². The number of aryl methyl sites for hydroxylation is 2. The van der Waals surface area contributed by atoms with Crippen molar-refractivity contribution in [3.8, 4) is 0 Å². The zero-order chi connectivity index (χ0) is 25.0. The van der Waals surface area contributed by atoms with Crippen LogP contribution in [0.3, 0.4) is 0 Å². The van der Waals surface area contributed by atoms with Gasteiger partial charge >= 0.3 is 6.09 Å². The number of hydrogen-bond donors (Lipinski definition) is 2. The van der Waals surface area contributed by atoms with Crippen molar-refractivity contribution >= 4 is 21.8 Å². The number of carbonyl (C=O) groups excluding carboxylic acids is 1. The van der Waals surface area contributed by atoms with Crippen LogP contribution in [0.4, 0.5) is 10.5 Å². The molecule has 1 saturated heterocycles. The highest BCUT2D eigenvalue weighted by molar-refractivity contribution is 7.89. The molecule has 1 fully saturated rings. The maximum atomic E-state index is 13.0. The largest absolute Gasteiger partial charge is 0.443 e. The molecular weight excluding hydrogens is 440 g/mol. The molecule has 0 aliphatic carbocycles. The van der Waals surface area contributed by atoms with Crippen LogP contribution in [0.25, 0.3) is 0 Å². The lowest BCUT2D eigenvalue weighted by atomic mass is 9.85. The second-order valence-corrected chi connectivity index (χ2v) is 12.4. The van der Waals surface area contributed by atoms with Crippen LogP contribution in [0, 0.1) is 13.8 Å². The lowest BCUT2D eigenvalue weighted by Crippen LogP contribution is -2.52. The molecule has 4 N–H and O–H groups in total. The zero-order valence-corrected chi connectivity index (χ0v) is 21.9. The molecule has 188 valence electrons. The number of rotatable bonds is 8. The lowest BCUT2D eigenvalue weighted by molar-refractivity contribution is 0.0589. The molecule has 0 bridgehead atoms. The Labute approximate surface area is 199 Å². The van der Waals surface area contributed by atoms with Crippen molar-refractivity contribution < 1.29 is 17.9 Å². The number of sulfonamides is 1. The average Bonchev–Trinajstić information content (AvgIpc) is 2.70. The maximum absolute atomic E-state index is 13.0. The summed E-state index contributed by atoms with van der Waals surface area (Å²) in [5.41, 5.74) is 14.8. The van der Waals surface area contributed by atoms with Crippen LogP contribution >= 0.6 is 0 Å². The van der Waals surface area contributed by atoms with Crippen molar-refractivity contribution in [1.82, 2.24) is 4.31 Å². The fourth-order valence-corrected chi connectivity index (χ4v) is 5.73. The number of amides is 1. The van der Waals surface area contributed by atoms with E-state index in [1.165, 1.54) is 4.90 Å². The van der Waals surface area contributed by atoms with E-state index < -0.39 is 21.7 Å². The molecule has 1 heterocycles. The Morgan fingerprint density at radius 3 is 2.21 bits per heavy atom. The van der Waals surface area contributed by atoms with Crippen LogP contribution in [0.15, 0.2) is 12.1 Å². The number of benzene rings is 1. The number of nitrogens with two attached hydrogens (primary N) is 2. The van der Waals surface area contributed by atoms with Gasteiger partial charge < -0.3 is 16.2 Å². The molecule has 9 heteroatoms. The summed E-state index contributed by atoms with van der Waals surface area (Å²) < 4.78 is 33.0. The quantitative estimate of drug-likeness (QED) is 0.588. The summed E-state index contributed by atoms with van der Waals surface area (Å²) >= 11 is 0. The minimum atomic E-state index is -3.38. The first-order chi connectivity index (χ1) is 15.2. The van der Waals surface area contributed by atoms with Gasteiger partial charge in [-0.1, -0.05) is 0 Å². The molecule has 0 saturated carbocycles. The van der Waals surface area contributed by atoms with Gasteiger partial charge in [0.25, 0.3) is 0 Å². The Morgan fingerprint density at radius 1 is 1.18 bits per heavy atom. The molecular formula is C24H42N4O4S. The predicted octanol–water partition coefficient (Wildman–Crippen LogP) is 3.08. The van der Waals surface area contributed by atoms with E-state index in [0.717, 1.165) is 35.2 Å². The first-order valence-electron chi connectivity index (χ1n) is 11.7. The van der Waals surface area contributed by atoms with Gasteiger partial charge in [0, 0.05) is 31.4 Å². The van der Waals surface area contributed by atoms with Crippen molar-refractivity contribution in [2.45, 2.75) is 77.9 Å². The zero-order valence-electron chi connectivity index (χ0n) is 21.1. The third kappa shape index (κ3) is 7.67. The Kier molecular flexibility index (Phi) is 8.95. The van der Waals surface area contributed by atoms with Gasteiger partial charge in [-0.15, -0.1) is 0 Å². The van der Waals surface area contributed by atoms with Gasteiger partial charge in [0.15, 0.2) is 0 Å². The number of anilines is 1. The summed E-state index contributed by atoms with van der Waals surface area (Å²) in [7, 11) is -1.70. The van der Waals surface area contributed by atoms with Crippen LogP contribution in [-0.2, 0) is 21.2 Å². The van der Waals surface area contributed by atoms with Gasteiger partial charge in [0.05, 0.1) is 5.75 Å². The predicted molar refractivity (Wildman–Crippen MR) is 134 cm³/mol. The van der Waals surface area contributed by atoms with Crippen molar-refractivity contribution in [2.75, 3.05) is 37.3 Å². The molecule has 0 radical (unpaired) electrons. The average molecular weight is 483 g/mol. The molecule has 1 aliphatic rings.